The zero-order chi connectivity index (χ0) is 19.9. The van der Waals surface area contributed by atoms with Crippen LogP contribution in [0.4, 0.5) is 17.2 Å². The van der Waals surface area contributed by atoms with Gasteiger partial charge in [0.25, 0.3) is 5.91 Å². The van der Waals surface area contributed by atoms with Crippen molar-refractivity contribution in [2.24, 2.45) is 0 Å². The highest BCUT2D eigenvalue weighted by molar-refractivity contribution is 6.02. The van der Waals surface area contributed by atoms with E-state index in [0.29, 0.717) is 22.8 Å². The molecule has 0 spiro atoms. The number of hydrogen-bond donors (Lipinski definition) is 2. The maximum absolute atomic E-state index is 12.3. The van der Waals surface area contributed by atoms with E-state index in [9.17, 15) is 9.59 Å². The summed E-state index contributed by atoms with van der Waals surface area (Å²) in [4.78, 5) is 32.7. The molecule has 7 heteroatoms. The molecule has 0 aliphatic heterocycles. The van der Waals surface area contributed by atoms with Crippen LogP contribution in [0.15, 0.2) is 60.9 Å². The first-order chi connectivity index (χ1) is 13.6. The largest absolute Gasteiger partial charge is 0.462 e. The van der Waals surface area contributed by atoms with Gasteiger partial charge in [0.2, 0.25) is 0 Å². The second-order valence-corrected chi connectivity index (χ2v) is 6.00. The van der Waals surface area contributed by atoms with Crippen LogP contribution in [0.25, 0.3) is 0 Å². The van der Waals surface area contributed by atoms with Gasteiger partial charge in [-0.1, -0.05) is 24.3 Å². The number of rotatable bonds is 6. The first kappa shape index (κ1) is 19.0. The lowest BCUT2D eigenvalue weighted by molar-refractivity contribution is 0.0527. The van der Waals surface area contributed by atoms with Crippen LogP contribution < -0.4 is 10.6 Å². The van der Waals surface area contributed by atoms with E-state index in [4.69, 9.17) is 4.74 Å². The number of aromatic nitrogens is 2. The van der Waals surface area contributed by atoms with Crippen molar-refractivity contribution < 1.29 is 14.3 Å². The van der Waals surface area contributed by atoms with Gasteiger partial charge in [-0.25, -0.2) is 14.8 Å². The number of benzene rings is 2. The van der Waals surface area contributed by atoms with Crippen LogP contribution >= 0.6 is 0 Å². The Morgan fingerprint density at radius 2 is 1.86 bits per heavy atom. The standard InChI is InChI=1S/C21H20N4O3/c1-3-28-21(27)16-9-4-5-10-17(16)25-19-13-22-18(12-23-19)20(26)24-15-8-6-7-14(2)11-15/h4-13H,3H2,1-2H3,(H,23,25)(H,24,26). The first-order valence-electron chi connectivity index (χ1n) is 8.80. The Morgan fingerprint density at radius 3 is 2.57 bits per heavy atom. The molecule has 0 unspecified atom stereocenters. The number of anilines is 3. The van der Waals surface area contributed by atoms with Crippen molar-refractivity contribution in [2.45, 2.75) is 13.8 Å². The Morgan fingerprint density at radius 1 is 1.04 bits per heavy atom. The Kier molecular flexibility index (Phi) is 5.96. The highest BCUT2D eigenvalue weighted by Crippen LogP contribution is 2.20. The number of nitrogens with zero attached hydrogens (tertiary/aromatic N) is 2. The van der Waals surface area contributed by atoms with E-state index in [2.05, 4.69) is 20.6 Å². The lowest BCUT2D eigenvalue weighted by Gasteiger charge is -2.11. The van der Waals surface area contributed by atoms with Crippen LogP contribution in [0.3, 0.4) is 0 Å². The molecule has 0 aliphatic rings. The molecule has 0 bridgehead atoms. The molecule has 0 saturated heterocycles. The van der Waals surface area contributed by atoms with Crippen LogP contribution in [-0.4, -0.2) is 28.5 Å². The molecule has 0 aliphatic carbocycles. The average Bonchev–Trinajstić information content (AvgIpc) is 2.69. The van der Waals surface area contributed by atoms with Gasteiger partial charge in [0.1, 0.15) is 11.5 Å². The number of nitrogens with one attached hydrogen (secondary N) is 2. The number of amides is 1. The molecule has 2 aromatic carbocycles. The number of carbonyl (C=O) groups excluding carboxylic acids is 2. The van der Waals surface area contributed by atoms with Crippen molar-refractivity contribution in [3.8, 4) is 0 Å². The van der Waals surface area contributed by atoms with E-state index in [1.807, 2.05) is 25.1 Å². The predicted octanol–water partition coefficient (Wildman–Crippen LogP) is 3.96. The molecule has 28 heavy (non-hydrogen) atoms. The lowest BCUT2D eigenvalue weighted by Crippen LogP contribution is -2.14. The summed E-state index contributed by atoms with van der Waals surface area (Å²) < 4.78 is 5.05. The van der Waals surface area contributed by atoms with E-state index in [0.717, 1.165) is 5.56 Å². The van der Waals surface area contributed by atoms with E-state index in [-0.39, 0.29) is 18.2 Å². The number of aryl methyl sites for hydroxylation is 1. The summed E-state index contributed by atoms with van der Waals surface area (Å²) >= 11 is 0. The highest BCUT2D eigenvalue weighted by atomic mass is 16.5. The van der Waals surface area contributed by atoms with Gasteiger partial charge in [0, 0.05) is 5.69 Å². The normalized spacial score (nSPS) is 10.2. The molecule has 2 N–H and O–H groups in total. The Labute approximate surface area is 162 Å². The molecule has 1 amide bonds. The summed E-state index contributed by atoms with van der Waals surface area (Å²) in [5.74, 6) is -0.367. The minimum absolute atomic E-state index is 0.186. The molecule has 1 heterocycles. The van der Waals surface area contributed by atoms with E-state index in [1.165, 1.54) is 12.4 Å². The molecule has 0 atom stereocenters. The maximum Gasteiger partial charge on any atom is 0.340 e. The van der Waals surface area contributed by atoms with Crippen LogP contribution in [0, 0.1) is 6.92 Å². The van der Waals surface area contributed by atoms with E-state index >= 15 is 0 Å². The fraction of sp³-hybridized carbons (Fsp3) is 0.143. The summed E-state index contributed by atoms with van der Waals surface area (Å²) in [7, 11) is 0. The molecule has 3 rings (SSSR count). The molecule has 3 aromatic rings. The van der Waals surface area contributed by atoms with E-state index in [1.54, 1.807) is 37.3 Å². The van der Waals surface area contributed by atoms with Crippen LogP contribution in [0.2, 0.25) is 0 Å². The zero-order valence-corrected chi connectivity index (χ0v) is 15.6. The second kappa shape index (κ2) is 8.77. The molecule has 142 valence electrons. The summed E-state index contributed by atoms with van der Waals surface area (Å²) in [6, 6.07) is 14.4. The number of para-hydroxylation sites is 1. The Hall–Kier alpha value is -3.74. The topological polar surface area (TPSA) is 93.2 Å². The first-order valence-corrected chi connectivity index (χ1v) is 8.80. The fourth-order valence-corrected chi connectivity index (χ4v) is 2.54. The lowest BCUT2D eigenvalue weighted by atomic mass is 10.2. The van der Waals surface area contributed by atoms with Crippen LogP contribution in [0.5, 0.6) is 0 Å². The van der Waals surface area contributed by atoms with Crippen molar-refractivity contribution in [3.05, 3.63) is 77.7 Å². The molecule has 1 aromatic heterocycles. The van der Waals surface area contributed by atoms with Gasteiger partial charge in [-0.3, -0.25) is 4.79 Å². The smallest absolute Gasteiger partial charge is 0.340 e. The third kappa shape index (κ3) is 4.70. The second-order valence-electron chi connectivity index (χ2n) is 6.00. The molecule has 0 saturated carbocycles. The minimum atomic E-state index is -0.423. The van der Waals surface area contributed by atoms with Gasteiger partial charge in [0.05, 0.1) is 30.3 Å². The van der Waals surface area contributed by atoms with Gasteiger partial charge < -0.3 is 15.4 Å². The minimum Gasteiger partial charge on any atom is -0.462 e. The van der Waals surface area contributed by atoms with E-state index < -0.39 is 5.97 Å². The van der Waals surface area contributed by atoms with Crippen molar-refractivity contribution >= 4 is 29.1 Å². The summed E-state index contributed by atoms with van der Waals surface area (Å²) in [5, 5.41) is 5.81. The quantitative estimate of drug-likeness (QED) is 0.633. The summed E-state index contributed by atoms with van der Waals surface area (Å²) in [5.41, 5.74) is 2.87. The van der Waals surface area contributed by atoms with Crippen molar-refractivity contribution in [1.29, 1.82) is 0 Å². The monoisotopic (exact) mass is 376 g/mol. The molecule has 0 radical (unpaired) electrons. The van der Waals surface area contributed by atoms with Gasteiger partial charge in [-0.2, -0.15) is 0 Å². The molecule has 7 nitrogen and oxygen atoms in total. The molecular weight excluding hydrogens is 356 g/mol. The third-order valence-corrected chi connectivity index (χ3v) is 3.85. The Balaban J connectivity index is 1.71. The summed E-state index contributed by atoms with van der Waals surface area (Å²) in [6.07, 6.45) is 2.81. The average molecular weight is 376 g/mol. The van der Waals surface area contributed by atoms with Crippen molar-refractivity contribution in [3.63, 3.8) is 0 Å². The third-order valence-electron chi connectivity index (χ3n) is 3.85. The fourth-order valence-electron chi connectivity index (χ4n) is 2.54. The number of ether oxygens (including phenoxy) is 1. The summed E-state index contributed by atoms with van der Waals surface area (Å²) in [6.45, 7) is 3.99. The van der Waals surface area contributed by atoms with Crippen molar-refractivity contribution in [2.75, 3.05) is 17.2 Å². The zero-order valence-electron chi connectivity index (χ0n) is 15.6. The van der Waals surface area contributed by atoms with Gasteiger partial charge in [0.15, 0.2) is 0 Å². The maximum atomic E-state index is 12.3. The van der Waals surface area contributed by atoms with Gasteiger partial charge >= 0.3 is 5.97 Å². The van der Waals surface area contributed by atoms with Crippen molar-refractivity contribution in [1.82, 2.24) is 9.97 Å². The number of esters is 1. The number of hydrogen-bond acceptors (Lipinski definition) is 6. The van der Waals surface area contributed by atoms with Crippen LogP contribution in [-0.2, 0) is 4.74 Å². The highest BCUT2D eigenvalue weighted by Gasteiger charge is 2.13. The van der Waals surface area contributed by atoms with Gasteiger partial charge in [-0.15, -0.1) is 0 Å². The number of carbonyl (C=O) groups is 2. The SMILES string of the molecule is CCOC(=O)c1ccccc1Nc1cnc(C(=O)Nc2cccc(C)c2)cn1. The van der Waals surface area contributed by atoms with Gasteiger partial charge in [-0.05, 0) is 43.7 Å². The molecular formula is C21H20N4O3. The molecule has 0 fully saturated rings. The predicted molar refractivity (Wildman–Crippen MR) is 107 cm³/mol. The Bertz CT molecular complexity index is 987. The van der Waals surface area contributed by atoms with Crippen LogP contribution in [0.1, 0.15) is 33.3 Å².